The molecule has 0 amide bonds. The summed E-state index contributed by atoms with van der Waals surface area (Å²) in [6.45, 7) is 7.10. The number of nitrogens with one attached hydrogen (secondary N) is 1. The van der Waals surface area contributed by atoms with Gasteiger partial charge in [-0.15, -0.1) is 0 Å². The zero-order valence-corrected chi connectivity index (χ0v) is 12.3. The molecule has 4 atom stereocenters. The lowest BCUT2D eigenvalue weighted by Gasteiger charge is -2.44. The fourth-order valence-corrected chi connectivity index (χ4v) is 2.71. The Labute approximate surface area is 116 Å². The van der Waals surface area contributed by atoms with E-state index in [-0.39, 0.29) is 12.2 Å². The Morgan fingerprint density at radius 2 is 2.00 bits per heavy atom. The summed E-state index contributed by atoms with van der Waals surface area (Å²) in [7, 11) is 1.76. The normalized spacial score (nSPS) is 27.9. The molecular weight excluding hydrogens is 238 g/mol. The Kier molecular flexibility index (Phi) is 4.97. The Balaban J connectivity index is 1.89. The van der Waals surface area contributed by atoms with Gasteiger partial charge in [-0.2, -0.15) is 0 Å². The number of methoxy groups -OCH3 is 1. The number of benzene rings is 1. The molecule has 106 valence electrons. The fraction of sp³-hybridized carbons (Fsp3) is 0.625. The maximum Gasteiger partial charge on any atom is 0.0987 e. The number of rotatable bonds is 6. The van der Waals surface area contributed by atoms with Gasteiger partial charge in [-0.05, 0) is 32.8 Å². The van der Waals surface area contributed by atoms with E-state index in [1.807, 2.05) is 6.92 Å². The molecule has 1 aromatic rings. The molecule has 0 radical (unpaired) electrons. The van der Waals surface area contributed by atoms with Crippen LogP contribution in [0.15, 0.2) is 24.3 Å². The van der Waals surface area contributed by atoms with Gasteiger partial charge in [-0.1, -0.05) is 29.8 Å². The van der Waals surface area contributed by atoms with E-state index in [1.54, 1.807) is 7.11 Å². The molecule has 0 aromatic heterocycles. The Morgan fingerprint density at radius 3 is 2.58 bits per heavy atom. The van der Waals surface area contributed by atoms with E-state index >= 15 is 0 Å². The molecule has 1 aromatic carbocycles. The maximum absolute atomic E-state index is 5.65. The van der Waals surface area contributed by atoms with Crippen LogP contribution in [0, 0.1) is 6.92 Å². The predicted molar refractivity (Wildman–Crippen MR) is 77.3 cm³/mol. The van der Waals surface area contributed by atoms with Crippen LogP contribution in [0.25, 0.3) is 0 Å². The highest BCUT2D eigenvalue weighted by atomic mass is 16.5. The number of hydrogen-bond acceptors (Lipinski definition) is 3. The highest BCUT2D eigenvalue weighted by Gasteiger charge is 2.42. The molecule has 1 fully saturated rings. The summed E-state index contributed by atoms with van der Waals surface area (Å²) in [5, 5.41) is 3.64. The lowest BCUT2D eigenvalue weighted by molar-refractivity contribution is -0.133. The summed E-state index contributed by atoms with van der Waals surface area (Å²) in [5.41, 5.74) is 2.62. The molecule has 0 saturated heterocycles. The second-order valence-electron chi connectivity index (χ2n) is 5.34. The van der Waals surface area contributed by atoms with E-state index < -0.39 is 0 Å². The minimum absolute atomic E-state index is 0.174. The fourth-order valence-electron chi connectivity index (χ4n) is 2.71. The first-order valence-electron chi connectivity index (χ1n) is 7.12. The third-order valence-corrected chi connectivity index (χ3v) is 3.94. The quantitative estimate of drug-likeness (QED) is 0.856. The average Bonchev–Trinajstić information content (AvgIpc) is 2.38. The van der Waals surface area contributed by atoms with Gasteiger partial charge in [-0.25, -0.2) is 0 Å². The van der Waals surface area contributed by atoms with Crippen molar-refractivity contribution in [3.63, 3.8) is 0 Å². The molecule has 1 aliphatic carbocycles. The summed E-state index contributed by atoms with van der Waals surface area (Å²) < 4.78 is 11.2. The molecule has 1 saturated carbocycles. The second kappa shape index (κ2) is 6.51. The molecular formula is C16H25NO2. The van der Waals surface area contributed by atoms with Crippen LogP contribution in [0.3, 0.4) is 0 Å². The van der Waals surface area contributed by atoms with Crippen molar-refractivity contribution in [2.24, 2.45) is 0 Å². The summed E-state index contributed by atoms with van der Waals surface area (Å²) in [6.07, 6.45) is 1.45. The van der Waals surface area contributed by atoms with Gasteiger partial charge in [0.1, 0.15) is 0 Å². The molecule has 3 nitrogen and oxygen atoms in total. The molecule has 0 spiro atoms. The Morgan fingerprint density at radius 1 is 1.32 bits per heavy atom. The standard InChI is InChI=1S/C16H25NO2/c1-5-19-15-10-14(16(15)18-4)17-12(3)13-8-6-11(2)7-9-13/h6-9,12,14-17H,5,10H2,1-4H3/t12-,14?,15?,16?/m0/s1. The maximum atomic E-state index is 5.65. The third kappa shape index (κ3) is 3.35. The van der Waals surface area contributed by atoms with Crippen LogP contribution < -0.4 is 5.32 Å². The second-order valence-corrected chi connectivity index (χ2v) is 5.34. The van der Waals surface area contributed by atoms with Crippen LogP contribution in [0.2, 0.25) is 0 Å². The zero-order chi connectivity index (χ0) is 13.8. The van der Waals surface area contributed by atoms with Crippen molar-refractivity contribution in [3.8, 4) is 0 Å². The summed E-state index contributed by atoms with van der Waals surface area (Å²) in [4.78, 5) is 0. The highest BCUT2D eigenvalue weighted by Crippen LogP contribution is 2.29. The number of hydrogen-bond donors (Lipinski definition) is 1. The van der Waals surface area contributed by atoms with Crippen LogP contribution in [-0.2, 0) is 9.47 Å². The van der Waals surface area contributed by atoms with Crippen LogP contribution in [0.5, 0.6) is 0 Å². The van der Waals surface area contributed by atoms with Crippen molar-refractivity contribution in [2.45, 2.75) is 51.5 Å². The van der Waals surface area contributed by atoms with E-state index in [4.69, 9.17) is 9.47 Å². The Hall–Kier alpha value is -0.900. The first-order chi connectivity index (χ1) is 9.15. The zero-order valence-electron chi connectivity index (χ0n) is 12.3. The van der Waals surface area contributed by atoms with Gasteiger partial charge in [0.2, 0.25) is 0 Å². The molecule has 0 aliphatic heterocycles. The van der Waals surface area contributed by atoms with Crippen LogP contribution in [0.4, 0.5) is 0 Å². The lowest BCUT2D eigenvalue weighted by Crippen LogP contribution is -2.60. The van der Waals surface area contributed by atoms with E-state index in [2.05, 4.69) is 43.4 Å². The molecule has 1 aliphatic rings. The van der Waals surface area contributed by atoms with Crippen molar-refractivity contribution in [3.05, 3.63) is 35.4 Å². The molecule has 1 N–H and O–H groups in total. The monoisotopic (exact) mass is 263 g/mol. The average molecular weight is 263 g/mol. The topological polar surface area (TPSA) is 30.5 Å². The predicted octanol–water partition coefficient (Wildman–Crippen LogP) is 2.84. The molecule has 0 bridgehead atoms. The minimum Gasteiger partial charge on any atom is -0.377 e. The minimum atomic E-state index is 0.174. The summed E-state index contributed by atoms with van der Waals surface area (Å²) in [6, 6.07) is 9.42. The first-order valence-corrected chi connectivity index (χ1v) is 7.12. The molecule has 3 heteroatoms. The van der Waals surface area contributed by atoms with Crippen molar-refractivity contribution in [1.82, 2.24) is 5.32 Å². The third-order valence-electron chi connectivity index (χ3n) is 3.94. The van der Waals surface area contributed by atoms with Gasteiger partial charge in [0, 0.05) is 25.8 Å². The van der Waals surface area contributed by atoms with Gasteiger partial charge in [0.25, 0.3) is 0 Å². The van der Waals surface area contributed by atoms with E-state index in [9.17, 15) is 0 Å². The van der Waals surface area contributed by atoms with Crippen molar-refractivity contribution >= 4 is 0 Å². The largest absolute Gasteiger partial charge is 0.377 e. The van der Waals surface area contributed by atoms with Crippen molar-refractivity contribution in [2.75, 3.05) is 13.7 Å². The van der Waals surface area contributed by atoms with Crippen LogP contribution in [-0.4, -0.2) is 32.0 Å². The van der Waals surface area contributed by atoms with Crippen LogP contribution in [0.1, 0.15) is 37.4 Å². The van der Waals surface area contributed by atoms with Gasteiger partial charge in [-0.3, -0.25) is 0 Å². The van der Waals surface area contributed by atoms with E-state index in [1.165, 1.54) is 11.1 Å². The van der Waals surface area contributed by atoms with Gasteiger partial charge >= 0.3 is 0 Å². The van der Waals surface area contributed by atoms with Gasteiger partial charge < -0.3 is 14.8 Å². The van der Waals surface area contributed by atoms with E-state index in [0.717, 1.165) is 13.0 Å². The molecule has 3 unspecified atom stereocenters. The molecule has 2 rings (SSSR count). The number of ether oxygens (including phenoxy) is 2. The first kappa shape index (κ1) is 14.5. The van der Waals surface area contributed by atoms with Crippen LogP contribution >= 0.6 is 0 Å². The lowest BCUT2D eigenvalue weighted by atomic mass is 9.84. The van der Waals surface area contributed by atoms with Crippen molar-refractivity contribution < 1.29 is 9.47 Å². The SMILES string of the molecule is CCOC1CC(N[C@@H](C)c2ccc(C)cc2)C1OC. The van der Waals surface area contributed by atoms with Gasteiger partial charge in [0.05, 0.1) is 12.2 Å². The molecule has 19 heavy (non-hydrogen) atoms. The molecule has 0 heterocycles. The van der Waals surface area contributed by atoms with Gasteiger partial charge in [0.15, 0.2) is 0 Å². The summed E-state index contributed by atoms with van der Waals surface area (Å²) >= 11 is 0. The van der Waals surface area contributed by atoms with E-state index in [0.29, 0.717) is 12.1 Å². The summed E-state index contributed by atoms with van der Waals surface area (Å²) in [5.74, 6) is 0. The Bertz CT molecular complexity index is 390. The number of aryl methyl sites for hydroxylation is 1. The smallest absolute Gasteiger partial charge is 0.0987 e. The van der Waals surface area contributed by atoms with Crippen molar-refractivity contribution in [1.29, 1.82) is 0 Å². The highest BCUT2D eigenvalue weighted by molar-refractivity contribution is 5.24.